The molecule has 0 aliphatic carbocycles. The van der Waals surface area contributed by atoms with Crippen molar-refractivity contribution in [2.75, 3.05) is 0 Å². The van der Waals surface area contributed by atoms with E-state index in [9.17, 15) is 4.79 Å². The van der Waals surface area contributed by atoms with Crippen molar-refractivity contribution in [2.24, 2.45) is 4.99 Å². The molecule has 0 spiro atoms. The highest BCUT2D eigenvalue weighted by Gasteiger charge is 2.24. The van der Waals surface area contributed by atoms with E-state index < -0.39 is 0 Å². The van der Waals surface area contributed by atoms with E-state index >= 15 is 0 Å². The molecule has 4 aromatic rings. The third-order valence-electron chi connectivity index (χ3n) is 4.23. The van der Waals surface area contributed by atoms with Gasteiger partial charge in [-0.25, -0.2) is 9.98 Å². The van der Waals surface area contributed by atoms with Gasteiger partial charge in [0.15, 0.2) is 15.4 Å². The van der Waals surface area contributed by atoms with Gasteiger partial charge >= 0.3 is 0 Å². The molecule has 6 nitrogen and oxygen atoms in total. The third kappa shape index (κ3) is 4.59. The second kappa shape index (κ2) is 8.58. The van der Waals surface area contributed by atoms with Gasteiger partial charge in [0.25, 0.3) is 5.91 Å². The summed E-state index contributed by atoms with van der Waals surface area (Å²) >= 11 is 12.1. The molecule has 2 N–H and O–H groups in total. The van der Waals surface area contributed by atoms with Gasteiger partial charge in [-0.2, -0.15) is 0 Å². The molecule has 0 radical (unpaired) electrons. The van der Waals surface area contributed by atoms with Crippen molar-refractivity contribution in [3.63, 3.8) is 0 Å². The SMILES string of the molecule is O=C1NC(=Nc2ccc(Br)c(Cl)c2)S/C1=C\c1ccc(Sc2nc3ccccc3[nH]2)o1. The predicted molar refractivity (Wildman–Crippen MR) is 129 cm³/mol. The van der Waals surface area contributed by atoms with Crippen molar-refractivity contribution in [1.82, 2.24) is 15.3 Å². The van der Waals surface area contributed by atoms with E-state index in [0.717, 1.165) is 20.7 Å². The number of halogens is 2. The molecular weight excluding hydrogens is 520 g/mol. The Labute approximate surface area is 198 Å². The zero-order chi connectivity index (χ0) is 21.4. The summed E-state index contributed by atoms with van der Waals surface area (Å²) in [7, 11) is 0. The minimum Gasteiger partial charge on any atom is -0.450 e. The lowest BCUT2D eigenvalue weighted by Gasteiger charge is -1.99. The Morgan fingerprint density at radius 1 is 1.19 bits per heavy atom. The second-order valence-electron chi connectivity index (χ2n) is 6.40. The van der Waals surface area contributed by atoms with Gasteiger partial charge in [-0.15, -0.1) is 0 Å². The monoisotopic (exact) mass is 530 g/mol. The Morgan fingerprint density at radius 2 is 2.06 bits per heavy atom. The topological polar surface area (TPSA) is 83.3 Å². The number of rotatable bonds is 4. The maximum absolute atomic E-state index is 12.3. The van der Waals surface area contributed by atoms with Crippen LogP contribution < -0.4 is 5.32 Å². The zero-order valence-electron chi connectivity index (χ0n) is 15.6. The number of hydrogen-bond donors (Lipinski definition) is 2. The number of amides is 1. The van der Waals surface area contributed by atoms with Gasteiger partial charge in [0, 0.05) is 10.5 Å². The lowest BCUT2D eigenvalue weighted by atomic mass is 10.3. The summed E-state index contributed by atoms with van der Waals surface area (Å²) in [5.74, 6) is 0.346. The quantitative estimate of drug-likeness (QED) is 0.289. The number of nitrogens with zero attached hydrogens (tertiary/aromatic N) is 2. The second-order valence-corrected chi connectivity index (χ2v) is 9.68. The van der Waals surface area contributed by atoms with Crippen LogP contribution in [-0.2, 0) is 4.79 Å². The van der Waals surface area contributed by atoms with Gasteiger partial charge < -0.3 is 14.7 Å². The number of fused-ring (bicyclic) bond motifs is 1. The first kappa shape index (κ1) is 20.4. The summed E-state index contributed by atoms with van der Waals surface area (Å²) < 4.78 is 6.63. The van der Waals surface area contributed by atoms with Crippen LogP contribution in [-0.4, -0.2) is 21.0 Å². The van der Waals surface area contributed by atoms with E-state index in [0.29, 0.717) is 31.6 Å². The first-order chi connectivity index (χ1) is 15.0. The average molecular weight is 532 g/mol. The first-order valence-corrected chi connectivity index (χ1v) is 11.8. The van der Waals surface area contributed by atoms with Crippen LogP contribution >= 0.6 is 51.1 Å². The largest absolute Gasteiger partial charge is 0.450 e. The number of aromatic amines is 1. The summed E-state index contributed by atoms with van der Waals surface area (Å²) in [6.45, 7) is 0. The van der Waals surface area contributed by atoms with Gasteiger partial charge in [0.2, 0.25) is 0 Å². The van der Waals surface area contributed by atoms with Crippen LogP contribution in [0.15, 0.2) is 83.6 Å². The number of benzene rings is 2. The Morgan fingerprint density at radius 3 is 2.90 bits per heavy atom. The molecule has 0 unspecified atom stereocenters. The summed E-state index contributed by atoms with van der Waals surface area (Å²) in [4.78, 5) is 25.0. The molecule has 2 aromatic heterocycles. The standard InChI is InChI=1S/C21H12BrClN4O2S2/c22-13-7-5-11(9-14(13)23)24-20-27-19(28)17(30-20)10-12-6-8-18(29-12)31-21-25-15-3-1-2-4-16(15)26-21/h1-10H,(H,25,26)(H,24,27,28)/b17-10-. The molecule has 154 valence electrons. The number of furan rings is 1. The van der Waals surface area contributed by atoms with Crippen molar-refractivity contribution < 1.29 is 9.21 Å². The highest BCUT2D eigenvalue weighted by Crippen LogP contribution is 2.33. The molecular formula is C21H12BrClN4O2S2. The lowest BCUT2D eigenvalue weighted by molar-refractivity contribution is -0.115. The van der Waals surface area contributed by atoms with E-state index in [2.05, 4.69) is 36.2 Å². The highest BCUT2D eigenvalue weighted by atomic mass is 79.9. The summed E-state index contributed by atoms with van der Waals surface area (Å²) in [6.07, 6.45) is 1.69. The minimum atomic E-state index is -0.227. The molecule has 1 aliphatic heterocycles. The number of amidine groups is 1. The molecule has 2 aromatic carbocycles. The third-order valence-corrected chi connectivity index (χ3v) is 7.17. The van der Waals surface area contributed by atoms with Crippen LogP contribution in [0.25, 0.3) is 17.1 Å². The number of aliphatic imine (C=N–C) groups is 1. The number of nitrogens with one attached hydrogen (secondary N) is 2. The normalized spacial score (nSPS) is 16.5. The Bertz CT molecular complexity index is 1350. The number of carbonyl (C=O) groups excluding carboxylic acids is 1. The van der Waals surface area contributed by atoms with Crippen molar-refractivity contribution >= 4 is 84.9 Å². The molecule has 31 heavy (non-hydrogen) atoms. The van der Waals surface area contributed by atoms with Crippen LogP contribution in [0.4, 0.5) is 5.69 Å². The van der Waals surface area contributed by atoms with Crippen LogP contribution in [0.5, 0.6) is 0 Å². The van der Waals surface area contributed by atoms with E-state index in [-0.39, 0.29) is 5.91 Å². The first-order valence-electron chi connectivity index (χ1n) is 9.00. The van der Waals surface area contributed by atoms with Gasteiger partial charge in [0.05, 0.1) is 26.6 Å². The van der Waals surface area contributed by atoms with Crippen molar-refractivity contribution in [3.8, 4) is 0 Å². The van der Waals surface area contributed by atoms with E-state index in [1.165, 1.54) is 23.5 Å². The summed E-state index contributed by atoms with van der Waals surface area (Å²) in [5.41, 5.74) is 2.52. The maximum atomic E-state index is 12.3. The van der Waals surface area contributed by atoms with Crippen LogP contribution in [0.3, 0.4) is 0 Å². The van der Waals surface area contributed by atoms with Crippen LogP contribution in [0.1, 0.15) is 5.76 Å². The molecule has 1 saturated heterocycles. The molecule has 3 heterocycles. The van der Waals surface area contributed by atoms with Crippen molar-refractivity contribution in [2.45, 2.75) is 10.2 Å². The number of para-hydroxylation sites is 2. The van der Waals surface area contributed by atoms with E-state index in [1.807, 2.05) is 48.5 Å². The molecule has 1 fully saturated rings. The van der Waals surface area contributed by atoms with Crippen molar-refractivity contribution in [3.05, 3.63) is 74.8 Å². The van der Waals surface area contributed by atoms with E-state index in [4.69, 9.17) is 16.0 Å². The molecule has 0 bridgehead atoms. The number of aromatic nitrogens is 2. The molecule has 5 rings (SSSR count). The van der Waals surface area contributed by atoms with Crippen LogP contribution in [0, 0.1) is 0 Å². The van der Waals surface area contributed by atoms with Gasteiger partial charge in [-0.1, -0.05) is 23.7 Å². The number of carbonyl (C=O) groups is 1. The van der Waals surface area contributed by atoms with Gasteiger partial charge in [-0.05, 0) is 81.9 Å². The fraction of sp³-hybridized carbons (Fsp3) is 0. The van der Waals surface area contributed by atoms with E-state index in [1.54, 1.807) is 12.1 Å². The van der Waals surface area contributed by atoms with Gasteiger partial charge in [0.1, 0.15) is 5.76 Å². The lowest BCUT2D eigenvalue weighted by Crippen LogP contribution is -2.19. The van der Waals surface area contributed by atoms with Crippen molar-refractivity contribution in [1.29, 1.82) is 0 Å². The van der Waals surface area contributed by atoms with Gasteiger partial charge in [-0.3, -0.25) is 4.79 Å². The fourth-order valence-electron chi connectivity index (χ4n) is 2.82. The molecule has 0 atom stereocenters. The smallest absolute Gasteiger partial charge is 0.264 e. The van der Waals surface area contributed by atoms with Crippen LogP contribution in [0.2, 0.25) is 5.02 Å². The average Bonchev–Trinajstić information content (AvgIpc) is 3.44. The summed E-state index contributed by atoms with van der Waals surface area (Å²) in [5, 5.41) is 5.21. The fourth-order valence-corrected chi connectivity index (χ4v) is 4.83. The number of H-pyrrole nitrogens is 1. The Kier molecular flexibility index (Phi) is 5.66. The highest BCUT2D eigenvalue weighted by molar-refractivity contribution is 9.10. The number of imidazole rings is 1. The molecule has 1 amide bonds. The maximum Gasteiger partial charge on any atom is 0.264 e. The summed E-state index contributed by atoms with van der Waals surface area (Å²) in [6, 6.07) is 16.8. The number of hydrogen-bond acceptors (Lipinski definition) is 6. The molecule has 10 heteroatoms. The Hall–Kier alpha value is -2.46. The predicted octanol–water partition coefficient (Wildman–Crippen LogP) is 6.61. The molecule has 1 aliphatic rings. The zero-order valence-corrected chi connectivity index (χ0v) is 19.5. The number of thioether (sulfide) groups is 1. The minimum absolute atomic E-state index is 0.227. The Balaban J connectivity index is 1.31. The molecule has 0 saturated carbocycles.